The molecular weight excluding hydrogens is 668 g/mol. The van der Waals surface area contributed by atoms with E-state index in [1.165, 1.54) is 0 Å². The van der Waals surface area contributed by atoms with Crippen LogP contribution in [0, 0.1) is 0 Å². The van der Waals surface area contributed by atoms with Crippen molar-refractivity contribution in [3.05, 3.63) is 182 Å². The number of hydrogen-bond donors (Lipinski definition) is 2. The molecule has 11 heteroatoms. The fraction of sp³-hybridized carbons (Fsp3) is 0. The van der Waals surface area contributed by atoms with E-state index < -0.39 is 30.6 Å². The van der Waals surface area contributed by atoms with Gasteiger partial charge >= 0.3 is 15.6 Å². The minimum Gasteiger partial charge on any atom is -0.302 e. The van der Waals surface area contributed by atoms with E-state index in [1.807, 2.05) is 182 Å². The summed E-state index contributed by atoms with van der Waals surface area (Å²) in [5.74, 6) is 0. The molecule has 0 amide bonds. The minimum absolute atomic E-state index is 0.651. The molecule has 0 saturated carbocycles. The van der Waals surface area contributed by atoms with Crippen molar-refractivity contribution in [1.29, 1.82) is 0 Å². The highest BCUT2D eigenvalue weighted by Crippen LogP contribution is 2.79. The van der Waals surface area contributed by atoms with E-state index >= 15 is 4.57 Å². The van der Waals surface area contributed by atoms with Crippen molar-refractivity contribution < 1.29 is 31.8 Å². The van der Waals surface area contributed by atoms with Crippen molar-refractivity contribution in [2.45, 2.75) is 0 Å². The van der Waals surface area contributed by atoms with Crippen LogP contribution in [0.1, 0.15) is 0 Å². The van der Waals surface area contributed by atoms with Crippen LogP contribution in [-0.2, 0) is 22.1 Å². The SMILES string of the molecule is O=P(O)(O)OP(=O)(O[P+](c1ccccc1)(c1ccccc1)c1ccccc1)O[P+](c1ccccc1)(c1ccccc1)c1ccccc1. The molecule has 6 aromatic rings. The molecule has 7 nitrogen and oxygen atoms in total. The lowest BCUT2D eigenvalue weighted by molar-refractivity contribution is 0.242. The van der Waals surface area contributed by atoms with Crippen molar-refractivity contribution in [3.63, 3.8) is 0 Å². The zero-order chi connectivity index (χ0) is 32.8. The van der Waals surface area contributed by atoms with Gasteiger partial charge in [-0.15, -0.1) is 8.62 Å². The summed E-state index contributed by atoms with van der Waals surface area (Å²) < 4.78 is 47.4. The standard InChI is InChI=1S/C36H30O7P4/c37-46(38,39)43-47(40,41-44(31-19-7-1-8-20-31,32-21-9-2-10-22-32)33-23-11-3-12-24-33)42-45(34-25-13-4-14-26-34,35-27-15-5-16-28-35)36-29-17-6-18-30-36/h1-30H/p+2. The second-order valence-electron chi connectivity index (χ2n) is 10.4. The maximum atomic E-state index is 15.6. The van der Waals surface area contributed by atoms with Crippen LogP contribution in [0.2, 0.25) is 0 Å². The Labute approximate surface area is 275 Å². The summed E-state index contributed by atoms with van der Waals surface area (Å²) in [6.45, 7) is 0. The van der Waals surface area contributed by atoms with E-state index in [2.05, 4.69) is 0 Å². The fourth-order valence-electron chi connectivity index (χ4n) is 5.48. The first-order chi connectivity index (χ1) is 22.8. The van der Waals surface area contributed by atoms with Gasteiger partial charge in [-0.3, -0.25) is 0 Å². The highest BCUT2D eigenvalue weighted by molar-refractivity contribution is 7.98. The molecule has 0 aliphatic rings. The minimum atomic E-state index is -5.49. The van der Waals surface area contributed by atoms with Crippen LogP contribution in [0.3, 0.4) is 0 Å². The molecule has 0 aliphatic carbocycles. The topological polar surface area (TPSA) is 102 Å². The number of hydrogen-bond acceptors (Lipinski definition) is 5. The van der Waals surface area contributed by atoms with Crippen LogP contribution < -0.4 is 31.8 Å². The third-order valence-corrected chi connectivity index (χ3v) is 18.7. The Bertz CT molecular complexity index is 1650. The first kappa shape index (κ1) is 33.3. The van der Waals surface area contributed by atoms with Crippen molar-refractivity contribution in [2.24, 2.45) is 0 Å². The summed E-state index contributed by atoms with van der Waals surface area (Å²) in [7, 11) is -17.6. The molecule has 47 heavy (non-hydrogen) atoms. The van der Waals surface area contributed by atoms with E-state index in [9.17, 15) is 14.4 Å². The first-order valence-corrected chi connectivity index (χ1v) is 21.1. The van der Waals surface area contributed by atoms with E-state index in [-0.39, 0.29) is 0 Å². The zero-order valence-electron chi connectivity index (χ0n) is 25.0. The monoisotopic (exact) mass is 700 g/mol. The Morgan fingerprint density at radius 2 is 0.553 bits per heavy atom. The Balaban J connectivity index is 1.67. The predicted molar refractivity (Wildman–Crippen MR) is 193 cm³/mol. The van der Waals surface area contributed by atoms with Crippen molar-refractivity contribution in [1.82, 2.24) is 0 Å². The zero-order valence-corrected chi connectivity index (χ0v) is 28.6. The molecule has 0 spiro atoms. The lowest BCUT2D eigenvalue weighted by atomic mass is 10.4. The summed E-state index contributed by atoms with van der Waals surface area (Å²) in [5.41, 5.74) is 0. The molecule has 0 aliphatic heterocycles. The van der Waals surface area contributed by atoms with Gasteiger partial charge in [-0.2, -0.15) is 4.31 Å². The van der Waals surface area contributed by atoms with Crippen LogP contribution >= 0.6 is 30.6 Å². The van der Waals surface area contributed by atoms with Gasteiger partial charge in [0.15, 0.2) is 0 Å². The average Bonchev–Trinajstić information content (AvgIpc) is 3.11. The summed E-state index contributed by atoms with van der Waals surface area (Å²) in [6, 6.07) is 55.4. The molecule has 0 fully saturated rings. The van der Waals surface area contributed by atoms with Crippen molar-refractivity contribution in [3.8, 4) is 0 Å². The van der Waals surface area contributed by atoms with Gasteiger partial charge in [0, 0.05) is 0 Å². The number of phosphoric acid groups is 2. The van der Waals surface area contributed by atoms with E-state index in [4.69, 9.17) is 12.9 Å². The molecule has 0 radical (unpaired) electrons. The molecule has 0 bridgehead atoms. The molecule has 0 saturated heterocycles. The molecule has 0 atom stereocenters. The van der Waals surface area contributed by atoms with E-state index in [0.29, 0.717) is 31.8 Å². The summed E-state index contributed by atoms with van der Waals surface area (Å²) in [5, 5.41) is 3.91. The lowest BCUT2D eigenvalue weighted by Gasteiger charge is -2.31. The van der Waals surface area contributed by atoms with Gasteiger partial charge in [-0.1, -0.05) is 109 Å². The van der Waals surface area contributed by atoms with Crippen molar-refractivity contribution in [2.75, 3.05) is 0 Å². The van der Waals surface area contributed by atoms with Crippen LogP contribution in [0.15, 0.2) is 182 Å². The van der Waals surface area contributed by atoms with Gasteiger partial charge in [-0.05, 0) is 72.8 Å². The van der Waals surface area contributed by atoms with Gasteiger partial charge in [-0.25, -0.2) is 9.13 Å². The molecule has 2 N–H and O–H groups in total. The Morgan fingerprint density at radius 3 is 0.723 bits per heavy atom. The van der Waals surface area contributed by atoms with Gasteiger partial charge in [0.2, 0.25) is 0 Å². The number of benzene rings is 6. The molecule has 0 unspecified atom stereocenters. The Morgan fingerprint density at radius 1 is 0.362 bits per heavy atom. The maximum absolute atomic E-state index is 15.6. The predicted octanol–water partition coefficient (Wildman–Crippen LogP) is 7.06. The summed E-state index contributed by atoms with van der Waals surface area (Å²) in [4.78, 5) is 20.7. The second kappa shape index (κ2) is 14.3. The maximum Gasteiger partial charge on any atom is 0.553 e. The molecular formula is C36H32O7P4+2. The van der Waals surface area contributed by atoms with Gasteiger partial charge in [0.25, 0.3) is 15.0 Å². The molecule has 6 aromatic carbocycles. The van der Waals surface area contributed by atoms with Crippen molar-refractivity contribution >= 4 is 62.5 Å². The summed E-state index contributed by atoms with van der Waals surface area (Å²) in [6.07, 6.45) is 0. The molecule has 0 heterocycles. The van der Waals surface area contributed by atoms with Crippen LogP contribution in [-0.4, -0.2) is 9.79 Å². The lowest BCUT2D eigenvalue weighted by Crippen LogP contribution is -2.35. The third kappa shape index (κ3) is 7.16. The smallest absolute Gasteiger partial charge is 0.302 e. The largest absolute Gasteiger partial charge is 0.553 e. The molecule has 6 rings (SSSR count). The van der Waals surface area contributed by atoms with Crippen LogP contribution in [0.4, 0.5) is 0 Å². The Kier molecular flexibility index (Phi) is 10.1. The molecule has 236 valence electrons. The molecule has 0 aromatic heterocycles. The van der Waals surface area contributed by atoms with Crippen LogP contribution in [0.25, 0.3) is 0 Å². The highest BCUT2D eigenvalue weighted by atomic mass is 31.3. The number of rotatable bonds is 12. The third-order valence-electron chi connectivity index (χ3n) is 7.37. The van der Waals surface area contributed by atoms with Crippen LogP contribution in [0.5, 0.6) is 0 Å². The fourth-order valence-corrected chi connectivity index (χ4v) is 17.7. The van der Waals surface area contributed by atoms with Gasteiger partial charge < -0.3 is 9.79 Å². The quantitative estimate of drug-likeness (QED) is 0.132. The van der Waals surface area contributed by atoms with Gasteiger partial charge in [0.1, 0.15) is 31.8 Å². The highest BCUT2D eigenvalue weighted by Gasteiger charge is 2.63. The van der Waals surface area contributed by atoms with E-state index in [0.717, 1.165) is 0 Å². The Hall–Kier alpha value is -3.56. The normalized spacial score (nSPS) is 12.5. The second-order valence-corrected chi connectivity index (χ2v) is 19.8. The van der Waals surface area contributed by atoms with Gasteiger partial charge in [0.05, 0.1) is 0 Å². The van der Waals surface area contributed by atoms with E-state index in [1.54, 1.807) is 0 Å². The first-order valence-electron chi connectivity index (χ1n) is 14.7. The average molecular weight is 701 g/mol. The summed E-state index contributed by atoms with van der Waals surface area (Å²) >= 11 is 0.